The number of carbonyl (C=O) groups is 2. The third kappa shape index (κ3) is 6.67. The van der Waals surface area contributed by atoms with E-state index < -0.39 is 17.9 Å². The second-order valence-electron chi connectivity index (χ2n) is 7.88. The zero-order valence-electron chi connectivity index (χ0n) is 18.3. The molecule has 0 unspecified atom stereocenters. The zero-order valence-corrected chi connectivity index (χ0v) is 19.8. The van der Waals surface area contributed by atoms with Gasteiger partial charge in [-0.3, -0.25) is 9.59 Å². The number of carbonyl (C=O) groups excluding carboxylic acids is 2. The number of benzene rings is 3. The Morgan fingerprint density at radius 2 is 1.42 bits per heavy atom. The topological polar surface area (TPSA) is 70.6 Å². The van der Waals surface area contributed by atoms with Crippen molar-refractivity contribution >= 4 is 41.2 Å². The summed E-state index contributed by atoms with van der Waals surface area (Å²) in [5, 5.41) is 7.84. The van der Waals surface area contributed by atoms with Gasteiger partial charge in [0.1, 0.15) is 6.04 Å². The van der Waals surface area contributed by atoms with E-state index >= 15 is 0 Å². The van der Waals surface area contributed by atoms with Crippen molar-refractivity contribution in [2.45, 2.75) is 25.8 Å². The van der Waals surface area contributed by atoms with Gasteiger partial charge in [0.05, 0.1) is 17.2 Å². The maximum atomic E-state index is 13.4. The fourth-order valence-corrected chi connectivity index (χ4v) is 3.86. The van der Waals surface area contributed by atoms with E-state index in [1.165, 1.54) is 6.21 Å². The van der Waals surface area contributed by atoms with Gasteiger partial charge >= 0.3 is 0 Å². The smallest absolute Gasteiger partial charge is 0.262 e. The van der Waals surface area contributed by atoms with Gasteiger partial charge in [-0.2, -0.15) is 5.10 Å². The highest BCUT2D eigenvalue weighted by atomic mass is 35.5. The molecule has 3 rings (SSSR count). The summed E-state index contributed by atoms with van der Waals surface area (Å²) in [7, 11) is 0. The van der Waals surface area contributed by atoms with Crippen molar-refractivity contribution < 1.29 is 9.59 Å². The van der Waals surface area contributed by atoms with Gasteiger partial charge in [-0.05, 0) is 29.2 Å². The normalized spacial score (nSPS) is 12.2. The maximum absolute atomic E-state index is 13.4. The molecule has 0 aromatic heterocycles. The molecular weight excluding hydrogens is 457 g/mol. The van der Waals surface area contributed by atoms with E-state index in [0.29, 0.717) is 15.6 Å². The molecule has 0 aliphatic heterocycles. The fourth-order valence-electron chi connectivity index (χ4n) is 3.40. The summed E-state index contributed by atoms with van der Waals surface area (Å²) in [6.07, 6.45) is 1.44. The van der Waals surface area contributed by atoms with E-state index in [4.69, 9.17) is 23.2 Å². The number of rotatable bonds is 8. The van der Waals surface area contributed by atoms with Crippen molar-refractivity contribution in [1.29, 1.82) is 0 Å². The summed E-state index contributed by atoms with van der Waals surface area (Å²) in [4.78, 5) is 26.2. The highest BCUT2D eigenvalue weighted by Gasteiger charge is 2.29. The third-order valence-electron chi connectivity index (χ3n) is 5.12. The molecule has 3 aromatic rings. The minimum absolute atomic E-state index is 0.157. The lowest BCUT2D eigenvalue weighted by Crippen LogP contribution is -2.50. The van der Waals surface area contributed by atoms with Crippen LogP contribution in [0.1, 0.15) is 36.5 Å². The molecule has 0 aliphatic rings. The van der Waals surface area contributed by atoms with Crippen LogP contribution < -0.4 is 10.7 Å². The number of hydrazone groups is 1. The molecule has 0 spiro atoms. The molecule has 0 heterocycles. The first kappa shape index (κ1) is 24.5. The van der Waals surface area contributed by atoms with E-state index in [9.17, 15) is 9.59 Å². The van der Waals surface area contributed by atoms with Crippen molar-refractivity contribution in [1.82, 2.24) is 10.7 Å². The lowest BCUT2D eigenvalue weighted by Gasteiger charge is -2.24. The monoisotopic (exact) mass is 481 g/mol. The molecule has 0 bridgehead atoms. The molecule has 0 saturated heterocycles. The average molecular weight is 482 g/mol. The zero-order chi connectivity index (χ0) is 23.8. The quantitative estimate of drug-likeness (QED) is 0.333. The molecule has 0 aliphatic carbocycles. The van der Waals surface area contributed by atoms with Crippen LogP contribution in [0.5, 0.6) is 0 Å². The van der Waals surface area contributed by atoms with Crippen molar-refractivity contribution in [3.63, 3.8) is 0 Å². The van der Waals surface area contributed by atoms with Crippen LogP contribution in [0.2, 0.25) is 10.0 Å². The Kier molecular flexibility index (Phi) is 8.64. The summed E-state index contributed by atoms with van der Waals surface area (Å²) in [5.74, 6) is -1.38. The van der Waals surface area contributed by atoms with Crippen LogP contribution in [0.25, 0.3) is 0 Å². The van der Waals surface area contributed by atoms with Gasteiger partial charge in [-0.15, -0.1) is 0 Å². The molecule has 2 N–H and O–H groups in total. The molecule has 0 fully saturated rings. The molecule has 170 valence electrons. The van der Waals surface area contributed by atoms with Crippen LogP contribution in [0.4, 0.5) is 0 Å². The Morgan fingerprint density at radius 3 is 1.94 bits per heavy atom. The minimum atomic E-state index is -0.773. The van der Waals surface area contributed by atoms with Crippen LogP contribution in [0.15, 0.2) is 84.0 Å². The molecule has 2 amide bonds. The highest BCUT2D eigenvalue weighted by molar-refractivity contribution is 6.36. The summed E-state index contributed by atoms with van der Waals surface area (Å²) >= 11 is 12.0. The predicted molar refractivity (Wildman–Crippen MR) is 134 cm³/mol. The SMILES string of the molecule is CC(C)[C@H](NC(=O)C(c1ccccc1)c1ccccc1)C(=O)N/N=C\c1ccc(Cl)cc1Cl. The molecule has 3 aromatic carbocycles. The second kappa shape index (κ2) is 11.6. The number of amides is 2. The minimum Gasteiger partial charge on any atom is -0.343 e. The van der Waals surface area contributed by atoms with Crippen LogP contribution >= 0.6 is 23.2 Å². The standard InChI is InChI=1S/C26H25Cl2N3O2/c1-17(2)24(26(33)31-29-16-20-13-14-21(27)15-22(20)28)30-25(32)23(18-9-5-3-6-10-18)19-11-7-4-8-12-19/h3-17,23-24H,1-2H3,(H,30,32)(H,31,33)/b29-16-/t24-/m0/s1. The van der Waals surface area contributed by atoms with Gasteiger partial charge in [0.2, 0.25) is 5.91 Å². The fraction of sp³-hybridized carbons (Fsp3) is 0.192. The van der Waals surface area contributed by atoms with E-state index in [1.807, 2.05) is 74.5 Å². The summed E-state index contributed by atoms with van der Waals surface area (Å²) in [6.45, 7) is 3.73. The summed E-state index contributed by atoms with van der Waals surface area (Å²) in [5.41, 5.74) is 4.81. The van der Waals surface area contributed by atoms with E-state index in [0.717, 1.165) is 11.1 Å². The molecular formula is C26H25Cl2N3O2. The number of hydrogen-bond donors (Lipinski definition) is 2. The van der Waals surface area contributed by atoms with Gasteiger partial charge < -0.3 is 5.32 Å². The average Bonchev–Trinajstić information content (AvgIpc) is 2.80. The van der Waals surface area contributed by atoms with E-state index in [2.05, 4.69) is 15.8 Å². The predicted octanol–water partition coefficient (Wildman–Crippen LogP) is 5.42. The first-order valence-electron chi connectivity index (χ1n) is 10.5. The van der Waals surface area contributed by atoms with Crippen LogP contribution in [-0.4, -0.2) is 24.1 Å². The number of hydrogen-bond acceptors (Lipinski definition) is 3. The molecule has 33 heavy (non-hydrogen) atoms. The molecule has 5 nitrogen and oxygen atoms in total. The highest BCUT2D eigenvalue weighted by Crippen LogP contribution is 2.25. The molecule has 0 saturated carbocycles. The van der Waals surface area contributed by atoms with Gasteiger partial charge in [-0.25, -0.2) is 5.43 Å². The first-order chi connectivity index (χ1) is 15.9. The van der Waals surface area contributed by atoms with Crippen molar-refractivity contribution in [3.05, 3.63) is 106 Å². The van der Waals surface area contributed by atoms with Crippen molar-refractivity contribution in [2.24, 2.45) is 11.0 Å². The van der Waals surface area contributed by atoms with Crippen molar-refractivity contribution in [3.8, 4) is 0 Å². The first-order valence-corrected chi connectivity index (χ1v) is 11.3. The Morgan fingerprint density at radius 1 is 0.848 bits per heavy atom. The second-order valence-corrected chi connectivity index (χ2v) is 8.73. The molecule has 7 heteroatoms. The number of halogens is 2. The molecule has 0 radical (unpaired) electrons. The Labute approximate surface area is 203 Å². The van der Waals surface area contributed by atoms with Crippen molar-refractivity contribution in [2.75, 3.05) is 0 Å². The van der Waals surface area contributed by atoms with Crippen LogP contribution in [0.3, 0.4) is 0 Å². The number of nitrogens with one attached hydrogen (secondary N) is 2. The largest absolute Gasteiger partial charge is 0.343 e. The van der Waals surface area contributed by atoms with Gasteiger partial charge in [0, 0.05) is 10.6 Å². The molecule has 1 atom stereocenters. The third-order valence-corrected chi connectivity index (χ3v) is 5.68. The van der Waals surface area contributed by atoms with Gasteiger partial charge in [0.25, 0.3) is 5.91 Å². The Hall–Kier alpha value is -3.15. The van der Waals surface area contributed by atoms with Crippen LogP contribution in [-0.2, 0) is 9.59 Å². The van der Waals surface area contributed by atoms with E-state index in [-0.39, 0.29) is 11.8 Å². The van der Waals surface area contributed by atoms with Crippen LogP contribution in [0, 0.1) is 5.92 Å². The lowest BCUT2D eigenvalue weighted by atomic mass is 9.89. The van der Waals surface area contributed by atoms with E-state index in [1.54, 1.807) is 18.2 Å². The Bertz CT molecular complexity index is 1080. The Balaban J connectivity index is 1.76. The van der Waals surface area contributed by atoms with Gasteiger partial charge in [-0.1, -0.05) is 104 Å². The lowest BCUT2D eigenvalue weighted by molar-refractivity contribution is -0.130. The maximum Gasteiger partial charge on any atom is 0.262 e. The number of nitrogens with zero attached hydrogens (tertiary/aromatic N) is 1. The summed E-state index contributed by atoms with van der Waals surface area (Å²) in [6, 6.07) is 23.2. The van der Waals surface area contributed by atoms with Gasteiger partial charge in [0.15, 0.2) is 0 Å². The summed E-state index contributed by atoms with van der Waals surface area (Å²) < 4.78 is 0.